The molecule has 0 aliphatic heterocycles. The Morgan fingerprint density at radius 3 is 2.18 bits per heavy atom. The topological polar surface area (TPSA) is 105 Å². The minimum absolute atomic E-state index is 0.00904. The summed E-state index contributed by atoms with van der Waals surface area (Å²) in [6, 6.07) is 16.3. The predicted molar refractivity (Wildman–Crippen MR) is 126 cm³/mol. The van der Waals surface area contributed by atoms with Crippen LogP contribution in [0.1, 0.15) is 57.1 Å². The molecule has 7 nitrogen and oxygen atoms in total. The monoisotopic (exact) mass is 452 g/mol. The molecule has 1 atom stereocenters. The van der Waals surface area contributed by atoms with Crippen LogP contribution < -0.4 is 10.6 Å². The van der Waals surface area contributed by atoms with E-state index in [1.54, 1.807) is 6.92 Å². The summed E-state index contributed by atoms with van der Waals surface area (Å²) >= 11 is 0. The summed E-state index contributed by atoms with van der Waals surface area (Å²) < 4.78 is 5.59. The van der Waals surface area contributed by atoms with E-state index in [0.29, 0.717) is 13.0 Å². The molecular formula is C26H32N2O5. The van der Waals surface area contributed by atoms with Crippen molar-refractivity contribution < 1.29 is 24.2 Å². The Labute approximate surface area is 194 Å². The summed E-state index contributed by atoms with van der Waals surface area (Å²) in [6.45, 7) is 6.00. The van der Waals surface area contributed by atoms with Gasteiger partial charge in [-0.05, 0) is 48.4 Å². The SMILES string of the molecule is CC(CNC(=O)CCC(C)(C)NC(=O)OCC1c2ccccc2-c2ccccc21)CC(=O)O. The standard InChI is InChI=1S/C26H32N2O5/c1-17(14-24(30)31)15-27-23(29)12-13-26(2,3)28-25(32)33-16-22-20-10-6-4-8-18(20)19-9-5-7-11-21(19)22/h4-11,17,22H,12-16H2,1-3H3,(H,27,29)(H,28,32)(H,30,31). The number of carboxylic acid groups (broad SMARTS) is 1. The molecule has 0 fully saturated rings. The Balaban J connectivity index is 1.47. The average molecular weight is 453 g/mol. The number of hydrogen-bond acceptors (Lipinski definition) is 4. The van der Waals surface area contributed by atoms with Gasteiger partial charge in [-0.3, -0.25) is 9.59 Å². The molecule has 0 bridgehead atoms. The molecule has 176 valence electrons. The van der Waals surface area contributed by atoms with Crippen molar-refractivity contribution in [2.45, 2.75) is 51.5 Å². The highest BCUT2D eigenvalue weighted by atomic mass is 16.5. The van der Waals surface area contributed by atoms with E-state index in [1.807, 2.05) is 38.1 Å². The second kappa shape index (κ2) is 10.5. The first kappa shape index (κ1) is 24.3. The lowest BCUT2D eigenvalue weighted by Gasteiger charge is -2.26. The van der Waals surface area contributed by atoms with Gasteiger partial charge in [0.05, 0.1) is 0 Å². The number of aliphatic carboxylic acids is 1. The van der Waals surface area contributed by atoms with Crippen molar-refractivity contribution in [3.8, 4) is 11.1 Å². The van der Waals surface area contributed by atoms with Gasteiger partial charge in [0.1, 0.15) is 6.61 Å². The van der Waals surface area contributed by atoms with Crippen molar-refractivity contribution in [1.82, 2.24) is 10.6 Å². The quantitative estimate of drug-likeness (QED) is 0.498. The lowest BCUT2D eigenvalue weighted by atomic mass is 9.98. The molecule has 0 heterocycles. The fourth-order valence-electron chi connectivity index (χ4n) is 4.15. The Hall–Kier alpha value is -3.35. The Kier molecular flexibility index (Phi) is 7.74. The highest BCUT2D eigenvalue weighted by Gasteiger charge is 2.30. The van der Waals surface area contributed by atoms with Crippen LogP contribution in [0.2, 0.25) is 0 Å². The van der Waals surface area contributed by atoms with E-state index in [1.165, 1.54) is 11.1 Å². The largest absolute Gasteiger partial charge is 0.481 e. The molecule has 0 saturated carbocycles. The molecule has 2 aromatic carbocycles. The van der Waals surface area contributed by atoms with E-state index in [9.17, 15) is 14.4 Å². The molecule has 1 aliphatic carbocycles. The van der Waals surface area contributed by atoms with Gasteiger partial charge in [-0.15, -0.1) is 0 Å². The molecule has 0 aromatic heterocycles. The summed E-state index contributed by atoms with van der Waals surface area (Å²) in [5.41, 5.74) is 4.02. The summed E-state index contributed by atoms with van der Waals surface area (Å²) in [6.07, 6.45) is 0.138. The summed E-state index contributed by atoms with van der Waals surface area (Å²) in [5, 5.41) is 14.4. The molecule has 0 saturated heterocycles. The summed E-state index contributed by atoms with van der Waals surface area (Å²) in [5.74, 6) is -1.21. The maximum absolute atomic E-state index is 12.5. The van der Waals surface area contributed by atoms with Crippen molar-refractivity contribution >= 4 is 18.0 Å². The van der Waals surface area contributed by atoms with Crippen LogP contribution >= 0.6 is 0 Å². The maximum atomic E-state index is 12.5. The van der Waals surface area contributed by atoms with E-state index in [-0.39, 0.29) is 37.2 Å². The number of rotatable bonds is 10. The third kappa shape index (κ3) is 6.57. The number of alkyl carbamates (subject to hydrolysis) is 1. The van der Waals surface area contributed by atoms with Crippen LogP contribution in [0.25, 0.3) is 11.1 Å². The molecule has 2 amide bonds. The zero-order valence-electron chi connectivity index (χ0n) is 19.4. The Bertz CT molecular complexity index is 972. The minimum Gasteiger partial charge on any atom is -0.481 e. The third-order valence-corrected chi connectivity index (χ3v) is 5.93. The maximum Gasteiger partial charge on any atom is 0.407 e. The van der Waals surface area contributed by atoms with E-state index >= 15 is 0 Å². The lowest BCUT2D eigenvalue weighted by Crippen LogP contribution is -2.45. The van der Waals surface area contributed by atoms with Crippen molar-refractivity contribution in [3.05, 3.63) is 59.7 Å². The minimum atomic E-state index is -0.884. The number of carbonyl (C=O) groups excluding carboxylic acids is 2. The predicted octanol–water partition coefficient (Wildman–Crippen LogP) is 4.31. The molecule has 1 unspecified atom stereocenters. The van der Waals surface area contributed by atoms with Gasteiger partial charge in [-0.25, -0.2) is 4.79 Å². The van der Waals surface area contributed by atoms with Crippen LogP contribution in [0.15, 0.2) is 48.5 Å². The number of carboxylic acids is 1. The second-order valence-electron chi connectivity index (χ2n) is 9.34. The van der Waals surface area contributed by atoms with Crippen LogP contribution in [0.3, 0.4) is 0 Å². The number of nitrogens with one attached hydrogen (secondary N) is 2. The molecule has 3 rings (SSSR count). The van der Waals surface area contributed by atoms with Gasteiger partial charge in [0.15, 0.2) is 0 Å². The molecular weight excluding hydrogens is 420 g/mol. The van der Waals surface area contributed by atoms with E-state index in [0.717, 1.165) is 11.1 Å². The fourth-order valence-corrected chi connectivity index (χ4v) is 4.15. The van der Waals surface area contributed by atoms with Gasteiger partial charge in [-0.1, -0.05) is 55.5 Å². The first-order valence-corrected chi connectivity index (χ1v) is 11.3. The lowest BCUT2D eigenvalue weighted by molar-refractivity contribution is -0.138. The molecule has 0 radical (unpaired) electrons. The summed E-state index contributed by atoms with van der Waals surface area (Å²) in [7, 11) is 0. The Morgan fingerprint density at radius 1 is 1.03 bits per heavy atom. The van der Waals surface area contributed by atoms with Gasteiger partial charge in [0.25, 0.3) is 0 Å². The molecule has 33 heavy (non-hydrogen) atoms. The zero-order valence-corrected chi connectivity index (χ0v) is 19.4. The first-order valence-electron chi connectivity index (χ1n) is 11.3. The van der Waals surface area contributed by atoms with Crippen LogP contribution in [0.4, 0.5) is 4.79 Å². The van der Waals surface area contributed by atoms with Gasteiger partial charge >= 0.3 is 12.1 Å². The molecule has 3 N–H and O–H groups in total. The number of amides is 2. The van der Waals surface area contributed by atoms with Crippen molar-refractivity contribution in [3.63, 3.8) is 0 Å². The van der Waals surface area contributed by atoms with E-state index in [4.69, 9.17) is 9.84 Å². The average Bonchev–Trinajstić information content (AvgIpc) is 3.08. The highest BCUT2D eigenvalue weighted by Crippen LogP contribution is 2.44. The normalized spacial score (nSPS) is 13.5. The number of fused-ring (bicyclic) bond motifs is 3. The van der Waals surface area contributed by atoms with Crippen LogP contribution in [-0.2, 0) is 14.3 Å². The van der Waals surface area contributed by atoms with Gasteiger partial charge in [0, 0.05) is 30.8 Å². The van der Waals surface area contributed by atoms with Crippen LogP contribution in [0.5, 0.6) is 0 Å². The first-order chi connectivity index (χ1) is 15.7. The van der Waals surface area contributed by atoms with Crippen LogP contribution in [-0.4, -0.2) is 41.8 Å². The smallest absolute Gasteiger partial charge is 0.407 e. The number of carbonyl (C=O) groups is 3. The zero-order chi connectivity index (χ0) is 24.0. The number of benzene rings is 2. The molecule has 2 aromatic rings. The van der Waals surface area contributed by atoms with E-state index < -0.39 is 17.6 Å². The molecule has 7 heteroatoms. The van der Waals surface area contributed by atoms with Crippen molar-refractivity contribution in [1.29, 1.82) is 0 Å². The second-order valence-corrected chi connectivity index (χ2v) is 9.34. The highest BCUT2D eigenvalue weighted by molar-refractivity contribution is 5.79. The number of ether oxygens (including phenoxy) is 1. The molecule has 1 aliphatic rings. The fraction of sp³-hybridized carbons (Fsp3) is 0.423. The molecule has 0 spiro atoms. The Morgan fingerprint density at radius 2 is 1.61 bits per heavy atom. The van der Waals surface area contributed by atoms with Crippen LogP contribution in [0, 0.1) is 5.92 Å². The number of hydrogen-bond donors (Lipinski definition) is 3. The van der Waals surface area contributed by atoms with Gasteiger partial charge in [-0.2, -0.15) is 0 Å². The summed E-state index contributed by atoms with van der Waals surface area (Å²) in [4.78, 5) is 35.3. The third-order valence-electron chi connectivity index (χ3n) is 5.93. The van der Waals surface area contributed by atoms with Crippen molar-refractivity contribution in [2.24, 2.45) is 5.92 Å². The van der Waals surface area contributed by atoms with Crippen molar-refractivity contribution in [2.75, 3.05) is 13.2 Å². The van der Waals surface area contributed by atoms with E-state index in [2.05, 4.69) is 34.9 Å². The van der Waals surface area contributed by atoms with Gasteiger partial charge in [0.2, 0.25) is 5.91 Å². The van der Waals surface area contributed by atoms with Gasteiger partial charge < -0.3 is 20.5 Å².